The summed E-state index contributed by atoms with van der Waals surface area (Å²) in [7, 11) is 0. The Morgan fingerprint density at radius 1 is 0.564 bits per heavy atom. The normalized spacial score (nSPS) is 53.1. The van der Waals surface area contributed by atoms with Crippen molar-refractivity contribution in [2.75, 3.05) is 26.4 Å². The van der Waals surface area contributed by atoms with Gasteiger partial charge >= 0.3 is 0 Å². The van der Waals surface area contributed by atoms with Crippen molar-refractivity contribution in [3.63, 3.8) is 0 Å². The van der Waals surface area contributed by atoms with Crippen LogP contribution in [-0.4, -0.2) is 255 Å². The first kappa shape index (κ1) is 62.8. The molecule has 4 aliphatic carbocycles. The summed E-state index contributed by atoms with van der Waals surface area (Å²) in [5.74, 6) is -1.32. The lowest BCUT2D eigenvalue weighted by molar-refractivity contribution is -0.379. The molecular weight excluding hydrogens is 1030 g/mol. The smallest absolute Gasteiger partial charge is 0.187 e. The molecule has 0 spiro atoms. The minimum atomic E-state index is -1.85. The monoisotopic (exact) mass is 1120 g/mol. The first-order chi connectivity index (χ1) is 36.5. The lowest BCUT2D eigenvalue weighted by Crippen LogP contribution is -2.71. The average molecular weight is 1130 g/mol. The SMILES string of the molecule is CC(C)=CCC[C@](C)(O[C@@H]1O[C@H](CO[C@@H]2O[C@H](CO)[C@@H](O)[C@H](O)[C@H]2O)[C@@H](O)[C@H](O)[C@H]1O)[C@H]1CC[C@]2(C)[C@@H]1[C@H](O)C[C@@H]1[C@@]3(C)CC[C@@H](O[C@@H]4O[C@H](CO)[C@@H](O)[C@H](O)[C@H]4O[C@@H]4O[C@H](CO)[C@@H](O)[C@H](O)[C@H]4O)C(C)(C)[C@@H]3C[C@@H](O)[C@]12C. The standard InChI is InChI=1S/C54H92O24/c1-22(2)10-9-13-53(7,78-48-44(70)40(66)37(63)28(75-48)21-71-46-42(68)38(64)34(60)25(18-55)72-46)23-11-15-52(6)33(23)24(58)16-30-51(5)14-12-32(50(3,4)29(51)17-31(59)54(30,52)8)76-49-45(41(67)36(62)27(20-57)74-49)77-47-43(69)39(65)35(61)26(19-56)73-47/h10,23-49,55-70H,9,11-21H2,1-8H3/t23-,24+,25+,26+,27+,28+,29-,30+,31+,32+,33-,34+,35+,36+,37+,38-,39-,40-,41-,42+,43+,44+,45+,46+,47-,48-,49-,51-,52+,53-,54-/m0/s1. The van der Waals surface area contributed by atoms with Crippen LogP contribution in [0.4, 0.5) is 0 Å². The second kappa shape index (κ2) is 23.7. The van der Waals surface area contributed by atoms with Gasteiger partial charge < -0.3 is 120 Å². The van der Waals surface area contributed by atoms with Gasteiger partial charge in [0.1, 0.15) is 97.7 Å². The fourth-order valence-electron chi connectivity index (χ4n) is 16.2. The van der Waals surface area contributed by atoms with Gasteiger partial charge in [-0.25, -0.2) is 0 Å². The first-order valence-corrected chi connectivity index (χ1v) is 28.0. The Hall–Kier alpha value is -1.22. The van der Waals surface area contributed by atoms with Crippen LogP contribution in [0.1, 0.15) is 107 Å². The van der Waals surface area contributed by atoms with Crippen LogP contribution in [0.5, 0.6) is 0 Å². The molecule has 0 aromatic rings. The largest absolute Gasteiger partial charge is 0.394 e. The molecule has 0 aromatic heterocycles. The summed E-state index contributed by atoms with van der Waals surface area (Å²) >= 11 is 0. The Morgan fingerprint density at radius 3 is 1.65 bits per heavy atom. The zero-order chi connectivity index (χ0) is 57.5. The molecule has 0 radical (unpaired) electrons. The predicted molar refractivity (Wildman–Crippen MR) is 268 cm³/mol. The van der Waals surface area contributed by atoms with E-state index in [1.807, 2.05) is 34.6 Å². The van der Waals surface area contributed by atoms with Crippen molar-refractivity contribution >= 4 is 0 Å². The minimum Gasteiger partial charge on any atom is -0.394 e. The summed E-state index contributed by atoms with van der Waals surface area (Å²) in [6.07, 6.45) is -29.1. The minimum absolute atomic E-state index is 0.235. The highest BCUT2D eigenvalue weighted by Gasteiger charge is 2.74. The first-order valence-electron chi connectivity index (χ1n) is 28.0. The number of aliphatic hydroxyl groups excluding tert-OH is 16. The van der Waals surface area contributed by atoms with E-state index in [4.69, 9.17) is 37.9 Å². The molecule has 4 saturated heterocycles. The highest BCUT2D eigenvalue weighted by molar-refractivity contribution is 5.23. The number of hydrogen-bond acceptors (Lipinski definition) is 24. The summed E-state index contributed by atoms with van der Waals surface area (Å²) < 4.78 is 48.7. The zero-order valence-corrected chi connectivity index (χ0v) is 46.1. The van der Waals surface area contributed by atoms with E-state index in [2.05, 4.69) is 26.8 Å². The molecule has 4 saturated carbocycles. The molecule has 0 unspecified atom stereocenters. The molecule has 8 fully saturated rings. The Morgan fingerprint density at radius 2 is 1.08 bits per heavy atom. The molecule has 8 rings (SSSR count). The van der Waals surface area contributed by atoms with E-state index in [0.29, 0.717) is 51.4 Å². The lowest BCUT2D eigenvalue weighted by Gasteiger charge is -2.72. The van der Waals surface area contributed by atoms with Crippen LogP contribution >= 0.6 is 0 Å². The molecule has 31 atom stereocenters. The van der Waals surface area contributed by atoms with Gasteiger partial charge in [-0.1, -0.05) is 46.3 Å². The molecular formula is C54H92O24. The Labute approximate surface area is 455 Å². The second-order valence-corrected chi connectivity index (χ2v) is 25.8. The van der Waals surface area contributed by atoms with Gasteiger partial charge in [-0.05, 0) is 112 Å². The predicted octanol–water partition coefficient (Wildman–Crippen LogP) is -3.23. The van der Waals surface area contributed by atoms with Gasteiger partial charge in [-0.2, -0.15) is 0 Å². The molecule has 24 nitrogen and oxygen atoms in total. The Balaban J connectivity index is 1.03. The maximum absolute atomic E-state index is 12.9. The van der Waals surface area contributed by atoms with E-state index in [0.717, 1.165) is 5.57 Å². The van der Waals surface area contributed by atoms with Crippen LogP contribution in [0.15, 0.2) is 11.6 Å². The molecule has 4 heterocycles. The summed E-state index contributed by atoms with van der Waals surface area (Å²) in [5, 5.41) is 175. The van der Waals surface area contributed by atoms with Crippen molar-refractivity contribution in [2.24, 2.45) is 45.3 Å². The van der Waals surface area contributed by atoms with Crippen LogP contribution in [0.2, 0.25) is 0 Å². The number of fused-ring (bicyclic) bond motifs is 5. The van der Waals surface area contributed by atoms with E-state index in [-0.39, 0.29) is 11.8 Å². The maximum Gasteiger partial charge on any atom is 0.187 e. The summed E-state index contributed by atoms with van der Waals surface area (Å²) in [4.78, 5) is 0. The third-order valence-electron chi connectivity index (χ3n) is 21.0. The van der Waals surface area contributed by atoms with E-state index in [1.54, 1.807) is 0 Å². The van der Waals surface area contributed by atoms with Gasteiger partial charge in [-0.3, -0.25) is 0 Å². The molecule has 24 heteroatoms. The number of ether oxygens (including phenoxy) is 8. The maximum atomic E-state index is 12.9. The quantitative estimate of drug-likeness (QED) is 0.0534. The van der Waals surface area contributed by atoms with Crippen LogP contribution in [0, 0.1) is 45.3 Å². The number of allylic oxidation sites excluding steroid dienone is 2. The average Bonchev–Trinajstić information content (AvgIpc) is 2.26. The molecule has 0 aromatic carbocycles. The molecule has 78 heavy (non-hydrogen) atoms. The van der Waals surface area contributed by atoms with E-state index < -0.39 is 207 Å². The Bertz CT molecular complexity index is 2030. The zero-order valence-electron chi connectivity index (χ0n) is 46.1. The van der Waals surface area contributed by atoms with Gasteiger partial charge in [0.05, 0.1) is 50.3 Å². The van der Waals surface area contributed by atoms with Gasteiger partial charge in [0.15, 0.2) is 25.2 Å². The van der Waals surface area contributed by atoms with Gasteiger partial charge in [0.25, 0.3) is 0 Å². The second-order valence-electron chi connectivity index (χ2n) is 25.8. The molecule has 16 N–H and O–H groups in total. The van der Waals surface area contributed by atoms with Crippen molar-refractivity contribution in [1.29, 1.82) is 0 Å². The van der Waals surface area contributed by atoms with Crippen LogP contribution in [0.3, 0.4) is 0 Å². The molecule has 0 bridgehead atoms. The van der Waals surface area contributed by atoms with Crippen molar-refractivity contribution in [1.82, 2.24) is 0 Å². The van der Waals surface area contributed by atoms with E-state index >= 15 is 0 Å². The number of rotatable bonds is 16. The van der Waals surface area contributed by atoms with E-state index in [9.17, 15) is 81.7 Å². The van der Waals surface area contributed by atoms with Crippen LogP contribution in [-0.2, 0) is 37.9 Å². The molecule has 4 aliphatic heterocycles. The summed E-state index contributed by atoms with van der Waals surface area (Å²) in [6, 6.07) is 0. The highest BCUT2D eigenvalue weighted by atomic mass is 16.8. The van der Waals surface area contributed by atoms with Gasteiger partial charge in [0.2, 0.25) is 0 Å². The van der Waals surface area contributed by atoms with Crippen molar-refractivity contribution in [2.45, 2.75) is 253 Å². The summed E-state index contributed by atoms with van der Waals surface area (Å²) in [6.45, 7) is 13.7. The fourth-order valence-corrected chi connectivity index (χ4v) is 16.2. The molecule has 8 aliphatic rings. The van der Waals surface area contributed by atoms with Crippen LogP contribution in [0.25, 0.3) is 0 Å². The van der Waals surface area contributed by atoms with Crippen molar-refractivity contribution < 1.29 is 120 Å². The topological polar surface area (TPSA) is 398 Å². The third-order valence-corrected chi connectivity index (χ3v) is 21.0. The number of hydrogen-bond donors (Lipinski definition) is 16. The molecule has 452 valence electrons. The van der Waals surface area contributed by atoms with Crippen molar-refractivity contribution in [3.05, 3.63) is 11.6 Å². The third kappa shape index (κ3) is 10.7. The Kier molecular flexibility index (Phi) is 19.1. The van der Waals surface area contributed by atoms with Gasteiger partial charge in [0, 0.05) is 5.41 Å². The highest BCUT2D eigenvalue weighted by Crippen LogP contribution is 2.76. The van der Waals surface area contributed by atoms with Gasteiger partial charge in [-0.15, -0.1) is 0 Å². The fraction of sp³-hybridized carbons (Fsp3) is 0.963. The van der Waals surface area contributed by atoms with Crippen LogP contribution < -0.4 is 0 Å². The number of aliphatic hydroxyl groups is 16. The lowest BCUT2D eigenvalue weighted by atomic mass is 9.34. The summed E-state index contributed by atoms with van der Waals surface area (Å²) in [5.41, 5.74) is -2.84. The van der Waals surface area contributed by atoms with Crippen molar-refractivity contribution in [3.8, 4) is 0 Å². The van der Waals surface area contributed by atoms with E-state index in [1.165, 1.54) is 0 Å². The molecule has 0 amide bonds.